The van der Waals surface area contributed by atoms with E-state index >= 15 is 0 Å². The van der Waals surface area contributed by atoms with E-state index in [1.807, 2.05) is 6.20 Å². The Kier molecular flexibility index (Phi) is 4.96. The molecule has 2 rings (SSSR count). The number of aromatic nitrogens is 2. The van der Waals surface area contributed by atoms with E-state index in [0.717, 1.165) is 11.0 Å². The fourth-order valence-electron chi connectivity index (χ4n) is 3.67. The second kappa shape index (κ2) is 6.18. The van der Waals surface area contributed by atoms with Gasteiger partial charge in [0.2, 0.25) is 0 Å². The van der Waals surface area contributed by atoms with E-state index in [-0.39, 0.29) is 0 Å². The first-order valence-electron chi connectivity index (χ1n) is 7.84. The molecule has 1 aliphatic carbocycles. The summed E-state index contributed by atoms with van der Waals surface area (Å²) in [6.07, 6.45) is 5.92. The maximum absolute atomic E-state index is 4.57. The van der Waals surface area contributed by atoms with Gasteiger partial charge in [-0.1, -0.05) is 27.2 Å². The van der Waals surface area contributed by atoms with Crippen LogP contribution in [0.15, 0.2) is 10.7 Å². The van der Waals surface area contributed by atoms with Crippen LogP contribution in [0.2, 0.25) is 0 Å². The summed E-state index contributed by atoms with van der Waals surface area (Å²) in [5, 5.41) is 8.30. The highest BCUT2D eigenvalue weighted by Crippen LogP contribution is 2.49. The highest BCUT2D eigenvalue weighted by Gasteiger charge is 2.41. The van der Waals surface area contributed by atoms with Gasteiger partial charge in [-0.05, 0) is 60.5 Å². The molecule has 1 fully saturated rings. The molecule has 0 aliphatic heterocycles. The standard InChI is InChI=1S/C16H28BrN3/c1-6-18-14(12-8-7-9-16(12,4)5)15-13(17)10-19-20(15)11(2)3/h10-12,14,18H,6-9H2,1-5H3. The van der Waals surface area contributed by atoms with Crippen molar-refractivity contribution in [3.05, 3.63) is 16.4 Å². The molecule has 2 unspecified atom stereocenters. The zero-order valence-corrected chi connectivity index (χ0v) is 15.0. The van der Waals surface area contributed by atoms with Gasteiger partial charge in [-0.15, -0.1) is 0 Å². The number of halogens is 1. The molecule has 1 aliphatic rings. The monoisotopic (exact) mass is 341 g/mol. The summed E-state index contributed by atoms with van der Waals surface area (Å²) in [7, 11) is 0. The summed E-state index contributed by atoms with van der Waals surface area (Å²) in [6.45, 7) is 12.4. The van der Waals surface area contributed by atoms with Crippen molar-refractivity contribution in [3.8, 4) is 0 Å². The number of nitrogens with zero attached hydrogens (tertiary/aromatic N) is 2. The van der Waals surface area contributed by atoms with Crippen LogP contribution in [-0.4, -0.2) is 16.3 Å². The van der Waals surface area contributed by atoms with E-state index in [1.54, 1.807) is 0 Å². The van der Waals surface area contributed by atoms with Gasteiger partial charge in [0.1, 0.15) is 0 Å². The summed E-state index contributed by atoms with van der Waals surface area (Å²) in [4.78, 5) is 0. The van der Waals surface area contributed by atoms with E-state index in [4.69, 9.17) is 0 Å². The SMILES string of the molecule is CCNC(c1c(Br)cnn1C(C)C)C1CCCC1(C)C. The van der Waals surface area contributed by atoms with Gasteiger partial charge in [-0.3, -0.25) is 4.68 Å². The smallest absolute Gasteiger partial charge is 0.0701 e. The minimum atomic E-state index is 0.386. The Labute approximate surface area is 131 Å². The van der Waals surface area contributed by atoms with Crippen molar-refractivity contribution in [3.63, 3.8) is 0 Å². The highest BCUT2D eigenvalue weighted by atomic mass is 79.9. The lowest BCUT2D eigenvalue weighted by atomic mass is 9.76. The van der Waals surface area contributed by atoms with Crippen LogP contribution in [0.25, 0.3) is 0 Å². The molecule has 1 N–H and O–H groups in total. The van der Waals surface area contributed by atoms with Crippen molar-refractivity contribution in [1.82, 2.24) is 15.1 Å². The summed E-state index contributed by atoms with van der Waals surface area (Å²) in [6, 6.07) is 0.777. The normalized spacial score (nSPS) is 23.4. The summed E-state index contributed by atoms with van der Waals surface area (Å²) in [5.41, 5.74) is 1.72. The maximum Gasteiger partial charge on any atom is 0.0701 e. The predicted molar refractivity (Wildman–Crippen MR) is 87.9 cm³/mol. The molecule has 0 saturated heterocycles. The minimum absolute atomic E-state index is 0.386. The number of nitrogens with one attached hydrogen (secondary N) is 1. The first-order valence-corrected chi connectivity index (χ1v) is 8.64. The zero-order valence-electron chi connectivity index (χ0n) is 13.4. The third-order valence-electron chi connectivity index (χ3n) is 4.74. The largest absolute Gasteiger partial charge is 0.309 e. The van der Waals surface area contributed by atoms with Crippen LogP contribution < -0.4 is 5.32 Å². The van der Waals surface area contributed by atoms with Gasteiger partial charge in [0.15, 0.2) is 0 Å². The lowest BCUT2D eigenvalue weighted by molar-refractivity contribution is 0.190. The van der Waals surface area contributed by atoms with Crippen molar-refractivity contribution in [1.29, 1.82) is 0 Å². The first kappa shape index (κ1) is 16.0. The molecule has 0 amide bonds. The highest BCUT2D eigenvalue weighted by molar-refractivity contribution is 9.10. The van der Waals surface area contributed by atoms with Crippen molar-refractivity contribution in [2.45, 2.75) is 66.0 Å². The van der Waals surface area contributed by atoms with E-state index in [1.165, 1.54) is 25.0 Å². The number of hydrogen-bond donors (Lipinski definition) is 1. The van der Waals surface area contributed by atoms with Crippen LogP contribution in [0.3, 0.4) is 0 Å². The summed E-state index contributed by atoms with van der Waals surface area (Å²) < 4.78 is 3.31. The molecule has 0 radical (unpaired) electrons. The Hall–Kier alpha value is -0.350. The van der Waals surface area contributed by atoms with Crippen LogP contribution in [0.4, 0.5) is 0 Å². The second-order valence-corrected chi connectivity index (χ2v) is 7.79. The third kappa shape index (κ3) is 2.96. The van der Waals surface area contributed by atoms with Crippen LogP contribution >= 0.6 is 15.9 Å². The lowest BCUT2D eigenvalue weighted by Crippen LogP contribution is -2.35. The van der Waals surface area contributed by atoms with E-state index in [2.05, 4.69) is 65.6 Å². The van der Waals surface area contributed by atoms with Gasteiger partial charge in [0.05, 0.1) is 22.4 Å². The van der Waals surface area contributed by atoms with E-state index in [0.29, 0.717) is 23.4 Å². The van der Waals surface area contributed by atoms with Gasteiger partial charge in [-0.2, -0.15) is 5.10 Å². The van der Waals surface area contributed by atoms with E-state index < -0.39 is 0 Å². The average molecular weight is 342 g/mol. The predicted octanol–water partition coefficient (Wildman–Crippen LogP) is 4.70. The number of hydrogen-bond acceptors (Lipinski definition) is 2. The van der Waals surface area contributed by atoms with Gasteiger partial charge >= 0.3 is 0 Å². The molecule has 4 heteroatoms. The van der Waals surface area contributed by atoms with Gasteiger partial charge in [-0.25, -0.2) is 0 Å². The van der Waals surface area contributed by atoms with Crippen LogP contribution in [0, 0.1) is 11.3 Å². The number of rotatable bonds is 5. The fourth-order valence-corrected chi connectivity index (χ4v) is 4.19. The zero-order chi connectivity index (χ0) is 14.9. The Bertz CT molecular complexity index is 451. The van der Waals surface area contributed by atoms with Gasteiger partial charge in [0.25, 0.3) is 0 Å². The van der Waals surface area contributed by atoms with Crippen molar-refractivity contribution < 1.29 is 0 Å². The summed E-state index contributed by atoms with van der Waals surface area (Å²) in [5.74, 6) is 0.674. The quantitative estimate of drug-likeness (QED) is 0.840. The van der Waals surface area contributed by atoms with Crippen molar-refractivity contribution in [2.75, 3.05) is 6.54 Å². The van der Waals surface area contributed by atoms with Crippen LogP contribution in [0.1, 0.15) is 71.7 Å². The molecule has 1 aromatic heterocycles. The Morgan fingerprint density at radius 3 is 2.70 bits per heavy atom. The Morgan fingerprint density at radius 2 is 2.20 bits per heavy atom. The molecule has 20 heavy (non-hydrogen) atoms. The molecule has 3 nitrogen and oxygen atoms in total. The van der Waals surface area contributed by atoms with Crippen molar-refractivity contribution >= 4 is 15.9 Å². The molecule has 1 heterocycles. The molecule has 114 valence electrons. The molecular weight excluding hydrogens is 314 g/mol. The van der Waals surface area contributed by atoms with Crippen LogP contribution in [-0.2, 0) is 0 Å². The van der Waals surface area contributed by atoms with Gasteiger partial charge in [0, 0.05) is 6.04 Å². The molecule has 2 atom stereocenters. The van der Waals surface area contributed by atoms with E-state index in [9.17, 15) is 0 Å². The molecular formula is C16H28BrN3. The lowest BCUT2D eigenvalue weighted by Gasteiger charge is -2.35. The minimum Gasteiger partial charge on any atom is -0.309 e. The first-order chi connectivity index (χ1) is 9.38. The summed E-state index contributed by atoms with van der Waals surface area (Å²) >= 11 is 3.72. The molecule has 0 bridgehead atoms. The second-order valence-electron chi connectivity index (χ2n) is 6.94. The third-order valence-corrected chi connectivity index (χ3v) is 5.35. The molecule has 0 aromatic carbocycles. The molecule has 0 spiro atoms. The molecule has 1 saturated carbocycles. The average Bonchev–Trinajstić information content (AvgIpc) is 2.89. The Balaban J connectivity index is 2.41. The topological polar surface area (TPSA) is 29.9 Å². The van der Waals surface area contributed by atoms with Crippen LogP contribution in [0.5, 0.6) is 0 Å². The maximum atomic E-state index is 4.57. The molecule has 1 aromatic rings. The fraction of sp³-hybridized carbons (Fsp3) is 0.812. The van der Waals surface area contributed by atoms with Crippen molar-refractivity contribution in [2.24, 2.45) is 11.3 Å². The Morgan fingerprint density at radius 1 is 1.50 bits per heavy atom. The van der Waals surface area contributed by atoms with Gasteiger partial charge < -0.3 is 5.32 Å².